The van der Waals surface area contributed by atoms with Crippen LogP contribution in [0, 0.1) is 0 Å². The number of aliphatic hydroxyl groups is 1. The van der Waals surface area contributed by atoms with Gasteiger partial charge in [-0.25, -0.2) is 4.79 Å². The molecule has 0 aliphatic carbocycles. The molecule has 0 spiro atoms. The zero-order chi connectivity index (χ0) is 22.3. The van der Waals surface area contributed by atoms with Crippen molar-refractivity contribution in [3.8, 4) is 5.75 Å². The summed E-state index contributed by atoms with van der Waals surface area (Å²) >= 11 is 6.02. The van der Waals surface area contributed by atoms with Gasteiger partial charge >= 0.3 is 5.69 Å². The largest absolute Gasteiger partial charge is 0.452 e. The zero-order valence-electron chi connectivity index (χ0n) is 17.4. The van der Waals surface area contributed by atoms with Gasteiger partial charge in [0.1, 0.15) is 17.3 Å². The summed E-state index contributed by atoms with van der Waals surface area (Å²) in [5, 5.41) is 10.1. The van der Waals surface area contributed by atoms with Crippen molar-refractivity contribution >= 4 is 23.1 Å². The third-order valence-electron chi connectivity index (χ3n) is 5.42. The van der Waals surface area contributed by atoms with Crippen LogP contribution >= 0.6 is 11.6 Å². The molecule has 0 radical (unpaired) electrons. The van der Waals surface area contributed by atoms with E-state index in [4.69, 9.17) is 16.3 Å². The fraction of sp³-hybridized carbons (Fsp3) is 0.273. The molecule has 2 aromatic carbocycles. The summed E-state index contributed by atoms with van der Waals surface area (Å²) in [5.41, 5.74) is 1.21. The van der Waals surface area contributed by atoms with Crippen LogP contribution in [-0.4, -0.2) is 27.6 Å². The Labute approximate surface area is 184 Å². The fourth-order valence-corrected chi connectivity index (χ4v) is 3.95. The van der Waals surface area contributed by atoms with E-state index in [1.165, 1.54) is 11.6 Å². The van der Waals surface area contributed by atoms with Crippen molar-refractivity contribution in [2.75, 3.05) is 16.8 Å². The lowest BCUT2D eigenvalue weighted by atomic mass is 10.2. The molecule has 1 unspecified atom stereocenters. The SMILES string of the molecule is CN1c2c(c(=O)n(C)c(=O)n2C)N(Cc2ccc(Cl)cc2)C1Oc1cccc(CO)c1. The number of hydrogen-bond donors (Lipinski definition) is 1. The van der Waals surface area contributed by atoms with Gasteiger partial charge in [-0.15, -0.1) is 0 Å². The third kappa shape index (κ3) is 3.68. The Balaban J connectivity index is 1.82. The van der Waals surface area contributed by atoms with Crippen LogP contribution in [0.4, 0.5) is 11.5 Å². The van der Waals surface area contributed by atoms with Crippen molar-refractivity contribution in [1.82, 2.24) is 9.13 Å². The second-order valence-electron chi connectivity index (χ2n) is 7.49. The van der Waals surface area contributed by atoms with E-state index in [-0.39, 0.29) is 6.61 Å². The van der Waals surface area contributed by atoms with Crippen LogP contribution in [0.5, 0.6) is 5.75 Å². The first-order valence-corrected chi connectivity index (χ1v) is 10.1. The monoisotopic (exact) mass is 442 g/mol. The Bertz CT molecular complexity index is 1240. The maximum Gasteiger partial charge on any atom is 0.332 e. The molecule has 3 aromatic rings. The van der Waals surface area contributed by atoms with Crippen molar-refractivity contribution in [2.24, 2.45) is 14.1 Å². The number of fused-ring (bicyclic) bond motifs is 1. The van der Waals surface area contributed by atoms with Gasteiger partial charge in [-0.1, -0.05) is 35.9 Å². The summed E-state index contributed by atoms with van der Waals surface area (Å²) in [6, 6.07) is 14.5. The zero-order valence-corrected chi connectivity index (χ0v) is 18.2. The van der Waals surface area contributed by atoms with Crippen LogP contribution in [0.25, 0.3) is 0 Å². The highest BCUT2D eigenvalue weighted by atomic mass is 35.5. The third-order valence-corrected chi connectivity index (χ3v) is 5.67. The molecule has 1 atom stereocenters. The van der Waals surface area contributed by atoms with Gasteiger partial charge in [-0.3, -0.25) is 13.9 Å². The summed E-state index contributed by atoms with van der Waals surface area (Å²) in [5.74, 6) is 1.02. The van der Waals surface area contributed by atoms with Gasteiger partial charge in [-0.2, -0.15) is 0 Å². The van der Waals surface area contributed by atoms with E-state index in [9.17, 15) is 14.7 Å². The molecule has 1 aromatic heterocycles. The average molecular weight is 443 g/mol. The minimum Gasteiger partial charge on any atom is -0.452 e. The first-order valence-electron chi connectivity index (χ1n) is 9.72. The normalized spacial score (nSPS) is 15.3. The minimum atomic E-state index is -0.680. The van der Waals surface area contributed by atoms with E-state index < -0.39 is 17.6 Å². The van der Waals surface area contributed by atoms with Crippen LogP contribution in [0.1, 0.15) is 11.1 Å². The van der Waals surface area contributed by atoms with Gasteiger partial charge in [0, 0.05) is 32.7 Å². The molecule has 0 amide bonds. The molecule has 0 fully saturated rings. The van der Waals surface area contributed by atoms with Gasteiger partial charge in [0.05, 0.1) is 6.61 Å². The summed E-state index contributed by atoms with van der Waals surface area (Å²) < 4.78 is 8.80. The molecule has 1 aliphatic heterocycles. The standard InChI is InChI=1S/C22H23ClN4O4/c1-24-19-18(20(29)26(3)21(24)30)27(12-14-7-9-16(23)10-8-14)22(25(19)2)31-17-6-4-5-15(11-17)13-28/h4-11,22,28H,12-13H2,1-3H3. The lowest BCUT2D eigenvalue weighted by molar-refractivity contribution is 0.200. The van der Waals surface area contributed by atoms with E-state index >= 15 is 0 Å². The second-order valence-corrected chi connectivity index (χ2v) is 7.93. The Kier molecular flexibility index (Phi) is 5.51. The Morgan fingerprint density at radius 1 is 1.00 bits per heavy atom. The van der Waals surface area contributed by atoms with E-state index in [1.807, 2.05) is 17.0 Å². The molecule has 162 valence electrons. The molecule has 1 aliphatic rings. The highest BCUT2D eigenvalue weighted by Gasteiger charge is 2.40. The molecular weight excluding hydrogens is 420 g/mol. The summed E-state index contributed by atoms with van der Waals surface area (Å²) in [7, 11) is 4.87. The predicted octanol–water partition coefficient (Wildman–Crippen LogP) is 2.05. The van der Waals surface area contributed by atoms with Gasteiger partial charge in [0.2, 0.25) is 0 Å². The number of aliphatic hydroxyl groups excluding tert-OH is 1. The summed E-state index contributed by atoms with van der Waals surface area (Å²) in [6.07, 6.45) is -0.680. The number of ether oxygens (including phenoxy) is 1. The van der Waals surface area contributed by atoms with E-state index in [2.05, 4.69) is 0 Å². The number of nitrogens with zero attached hydrogens (tertiary/aromatic N) is 4. The number of hydrogen-bond acceptors (Lipinski definition) is 6. The minimum absolute atomic E-state index is 0.110. The molecule has 0 bridgehead atoms. The highest BCUT2D eigenvalue weighted by Crippen LogP contribution is 2.36. The van der Waals surface area contributed by atoms with Crippen molar-refractivity contribution in [3.63, 3.8) is 0 Å². The van der Waals surface area contributed by atoms with Gasteiger partial charge < -0.3 is 19.6 Å². The lowest BCUT2D eigenvalue weighted by Gasteiger charge is -2.30. The molecule has 9 heteroatoms. The molecule has 0 saturated heterocycles. The number of benzene rings is 2. The Hall–Kier alpha value is -3.23. The first kappa shape index (κ1) is 21.0. The molecular formula is C22H23ClN4O4. The molecule has 8 nitrogen and oxygen atoms in total. The van der Waals surface area contributed by atoms with Crippen molar-refractivity contribution in [2.45, 2.75) is 19.5 Å². The molecule has 4 rings (SSSR count). The first-order chi connectivity index (χ1) is 14.8. The molecule has 2 heterocycles. The van der Waals surface area contributed by atoms with Gasteiger partial charge in [0.15, 0.2) is 0 Å². The maximum atomic E-state index is 13.1. The molecule has 31 heavy (non-hydrogen) atoms. The van der Waals surface area contributed by atoms with Crippen LogP contribution < -0.4 is 25.8 Å². The number of aromatic nitrogens is 2. The van der Waals surface area contributed by atoms with Crippen LogP contribution in [-0.2, 0) is 27.2 Å². The fourth-order valence-electron chi connectivity index (χ4n) is 3.82. The average Bonchev–Trinajstić information content (AvgIpc) is 3.04. The van der Waals surface area contributed by atoms with Crippen LogP contribution in [0.15, 0.2) is 58.1 Å². The highest BCUT2D eigenvalue weighted by molar-refractivity contribution is 6.30. The topological polar surface area (TPSA) is 79.9 Å². The van der Waals surface area contributed by atoms with E-state index in [0.717, 1.165) is 10.1 Å². The smallest absolute Gasteiger partial charge is 0.332 e. The Morgan fingerprint density at radius 3 is 2.39 bits per heavy atom. The lowest BCUT2D eigenvalue weighted by Crippen LogP contribution is -2.46. The van der Waals surface area contributed by atoms with Crippen LogP contribution in [0.2, 0.25) is 5.02 Å². The van der Waals surface area contributed by atoms with Crippen molar-refractivity contribution in [3.05, 3.63) is 85.5 Å². The number of halogens is 1. The van der Waals surface area contributed by atoms with Crippen molar-refractivity contribution in [1.29, 1.82) is 0 Å². The molecule has 1 N–H and O–H groups in total. The predicted molar refractivity (Wildman–Crippen MR) is 120 cm³/mol. The van der Waals surface area contributed by atoms with Crippen molar-refractivity contribution < 1.29 is 9.84 Å². The van der Waals surface area contributed by atoms with E-state index in [1.54, 1.807) is 55.4 Å². The maximum absolute atomic E-state index is 13.1. The Morgan fingerprint density at radius 2 is 1.71 bits per heavy atom. The van der Waals surface area contributed by atoms with E-state index in [0.29, 0.717) is 34.4 Å². The van der Waals surface area contributed by atoms with Gasteiger partial charge in [-0.05, 0) is 35.4 Å². The molecule has 0 saturated carbocycles. The summed E-state index contributed by atoms with van der Waals surface area (Å²) in [6.45, 7) is 0.258. The number of anilines is 2. The van der Waals surface area contributed by atoms with Gasteiger partial charge in [0.25, 0.3) is 11.9 Å². The van der Waals surface area contributed by atoms with Crippen LogP contribution in [0.3, 0.4) is 0 Å². The quantitative estimate of drug-likeness (QED) is 0.651. The number of rotatable bonds is 5. The second kappa shape index (κ2) is 8.13. The summed E-state index contributed by atoms with van der Waals surface area (Å²) in [4.78, 5) is 29.2.